The predicted octanol–water partition coefficient (Wildman–Crippen LogP) is 4.26. The fraction of sp³-hybridized carbons (Fsp3) is 0.379. The van der Waals surface area contributed by atoms with Crippen LogP contribution in [0.3, 0.4) is 0 Å². The SMILES string of the molecule is Cc1cc2[nH]c(=O)c3cnn(C4CCOCC4)c3c2cc1C(=O)N1CCCC(c2ccc(C(=O)O)cc2)C1. The third-order valence-corrected chi connectivity index (χ3v) is 8.01. The van der Waals surface area contributed by atoms with E-state index in [-0.39, 0.29) is 29.0 Å². The third kappa shape index (κ3) is 4.26. The van der Waals surface area contributed by atoms with Gasteiger partial charge in [0.2, 0.25) is 0 Å². The van der Waals surface area contributed by atoms with Crippen LogP contribution in [-0.4, -0.2) is 63.0 Å². The summed E-state index contributed by atoms with van der Waals surface area (Å²) in [6.45, 7) is 4.46. The first kappa shape index (κ1) is 24.4. The van der Waals surface area contributed by atoms with Crippen molar-refractivity contribution in [3.8, 4) is 0 Å². The summed E-state index contributed by atoms with van der Waals surface area (Å²) < 4.78 is 7.47. The van der Waals surface area contributed by atoms with E-state index in [4.69, 9.17) is 4.74 Å². The Labute approximate surface area is 219 Å². The molecule has 1 amide bonds. The van der Waals surface area contributed by atoms with Crippen molar-refractivity contribution in [2.75, 3.05) is 26.3 Å². The number of amides is 1. The third-order valence-electron chi connectivity index (χ3n) is 8.01. The lowest BCUT2D eigenvalue weighted by Gasteiger charge is -2.33. The molecular weight excluding hydrogens is 484 g/mol. The van der Waals surface area contributed by atoms with Gasteiger partial charge < -0.3 is 19.7 Å². The van der Waals surface area contributed by atoms with E-state index in [1.807, 2.05) is 40.8 Å². The second kappa shape index (κ2) is 9.72. The summed E-state index contributed by atoms with van der Waals surface area (Å²) in [4.78, 5) is 42.8. The first-order chi connectivity index (χ1) is 18.4. The van der Waals surface area contributed by atoms with E-state index in [9.17, 15) is 19.5 Å². The minimum atomic E-state index is -0.947. The zero-order valence-corrected chi connectivity index (χ0v) is 21.3. The molecule has 0 aliphatic carbocycles. The molecule has 9 nitrogen and oxygen atoms in total. The van der Waals surface area contributed by atoms with Gasteiger partial charge in [-0.25, -0.2) is 4.79 Å². The molecule has 38 heavy (non-hydrogen) atoms. The van der Waals surface area contributed by atoms with Crippen molar-refractivity contribution in [2.45, 2.75) is 44.6 Å². The number of hydrogen-bond donors (Lipinski definition) is 2. The lowest BCUT2D eigenvalue weighted by molar-refractivity contribution is 0.0675. The van der Waals surface area contributed by atoms with Crippen molar-refractivity contribution < 1.29 is 19.4 Å². The van der Waals surface area contributed by atoms with Gasteiger partial charge in [0.15, 0.2) is 0 Å². The van der Waals surface area contributed by atoms with Crippen LogP contribution >= 0.6 is 0 Å². The summed E-state index contributed by atoms with van der Waals surface area (Å²) >= 11 is 0. The van der Waals surface area contributed by atoms with E-state index in [0.29, 0.717) is 42.8 Å². The van der Waals surface area contributed by atoms with Gasteiger partial charge in [-0.3, -0.25) is 14.3 Å². The van der Waals surface area contributed by atoms with E-state index < -0.39 is 5.97 Å². The van der Waals surface area contributed by atoms with Crippen molar-refractivity contribution >= 4 is 33.7 Å². The van der Waals surface area contributed by atoms with Crippen LogP contribution in [0.5, 0.6) is 0 Å². The number of carboxylic acid groups (broad SMARTS) is 1. The molecule has 196 valence electrons. The van der Waals surface area contributed by atoms with Gasteiger partial charge in [-0.05, 0) is 68.0 Å². The molecule has 2 fully saturated rings. The number of aryl methyl sites for hydroxylation is 1. The first-order valence-corrected chi connectivity index (χ1v) is 13.1. The van der Waals surface area contributed by atoms with Gasteiger partial charge in [0.25, 0.3) is 11.5 Å². The average molecular weight is 515 g/mol. The molecular formula is C29H30N4O5. The Bertz CT molecular complexity index is 1600. The van der Waals surface area contributed by atoms with Crippen LogP contribution in [0.1, 0.15) is 69.5 Å². The Balaban J connectivity index is 1.36. The maximum absolute atomic E-state index is 13.8. The Hall–Kier alpha value is -3.98. The molecule has 9 heteroatoms. The highest BCUT2D eigenvalue weighted by Gasteiger charge is 2.28. The van der Waals surface area contributed by atoms with Gasteiger partial charge >= 0.3 is 5.97 Å². The summed E-state index contributed by atoms with van der Waals surface area (Å²) in [6, 6.07) is 10.9. The van der Waals surface area contributed by atoms with Crippen molar-refractivity contribution in [3.05, 3.63) is 75.2 Å². The van der Waals surface area contributed by atoms with Crippen LogP contribution in [0.15, 0.2) is 47.4 Å². The number of hydrogen-bond acceptors (Lipinski definition) is 5. The summed E-state index contributed by atoms with van der Waals surface area (Å²) in [5.41, 5.74) is 4.00. The largest absolute Gasteiger partial charge is 0.478 e. The fourth-order valence-corrected chi connectivity index (χ4v) is 5.93. The number of carbonyl (C=O) groups excluding carboxylic acids is 1. The molecule has 0 radical (unpaired) electrons. The van der Waals surface area contributed by atoms with Gasteiger partial charge in [-0.2, -0.15) is 5.10 Å². The number of ether oxygens (including phenoxy) is 1. The quantitative estimate of drug-likeness (QED) is 0.420. The zero-order valence-electron chi connectivity index (χ0n) is 21.3. The second-order valence-corrected chi connectivity index (χ2v) is 10.4. The highest BCUT2D eigenvalue weighted by molar-refractivity contribution is 6.07. The van der Waals surface area contributed by atoms with Crippen LogP contribution in [0, 0.1) is 6.92 Å². The number of likely N-dealkylation sites (tertiary alicyclic amines) is 1. The molecule has 2 aliphatic rings. The van der Waals surface area contributed by atoms with Crippen LogP contribution in [0.4, 0.5) is 0 Å². The number of pyridine rings is 1. The first-order valence-electron chi connectivity index (χ1n) is 13.1. The zero-order chi connectivity index (χ0) is 26.4. The highest BCUT2D eigenvalue weighted by atomic mass is 16.5. The fourth-order valence-electron chi connectivity index (χ4n) is 5.93. The summed E-state index contributed by atoms with van der Waals surface area (Å²) in [7, 11) is 0. The standard InChI is InChI=1S/C29H30N4O5/c1-17-13-25-23(26-24(27(34)31-25)15-30-33(26)21-8-11-38-12-9-21)14-22(17)28(35)32-10-2-3-20(16-32)18-4-6-19(7-5-18)29(36)37/h4-7,13-15,20-21H,2-3,8-12,16H2,1H3,(H,31,34)(H,36,37). The molecule has 4 heterocycles. The average Bonchev–Trinajstić information content (AvgIpc) is 3.39. The van der Waals surface area contributed by atoms with Crippen LogP contribution in [0.25, 0.3) is 21.8 Å². The summed E-state index contributed by atoms with van der Waals surface area (Å²) in [5.74, 6) is -0.834. The van der Waals surface area contributed by atoms with Crippen molar-refractivity contribution in [1.29, 1.82) is 0 Å². The summed E-state index contributed by atoms with van der Waals surface area (Å²) in [6.07, 6.45) is 5.09. The number of benzene rings is 2. The molecule has 4 aromatic rings. The number of carbonyl (C=O) groups is 2. The van der Waals surface area contributed by atoms with Crippen molar-refractivity contribution in [1.82, 2.24) is 19.7 Å². The lowest BCUT2D eigenvalue weighted by Crippen LogP contribution is -2.39. The molecule has 2 aromatic heterocycles. The Kier molecular flexibility index (Phi) is 6.23. The Morgan fingerprint density at radius 1 is 1.08 bits per heavy atom. The number of aromatic nitrogens is 3. The van der Waals surface area contributed by atoms with Gasteiger partial charge in [0.1, 0.15) is 0 Å². The molecule has 2 aliphatic heterocycles. The van der Waals surface area contributed by atoms with E-state index >= 15 is 0 Å². The van der Waals surface area contributed by atoms with Crippen molar-refractivity contribution in [2.24, 2.45) is 0 Å². The minimum Gasteiger partial charge on any atom is -0.478 e. The monoisotopic (exact) mass is 514 g/mol. The second-order valence-electron chi connectivity index (χ2n) is 10.4. The minimum absolute atomic E-state index is 0.0345. The molecule has 6 rings (SSSR count). The van der Waals surface area contributed by atoms with E-state index in [2.05, 4.69) is 10.1 Å². The number of nitrogens with one attached hydrogen (secondary N) is 1. The number of H-pyrrole nitrogens is 1. The summed E-state index contributed by atoms with van der Waals surface area (Å²) in [5, 5.41) is 15.1. The molecule has 1 atom stereocenters. The molecule has 2 aromatic carbocycles. The molecule has 2 saturated heterocycles. The Morgan fingerprint density at radius 3 is 2.58 bits per heavy atom. The van der Waals surface area contributed by atoms with Crippen LogP contribution < -0.4 is 5.56 Å². The van der Waals surface area contributed by atoms with Gasteiger partial charge in [0.05, 0.1) is 34.2 Å². The number of fused-ring (bicyclic) bond motifs is 3. The normalized spacial score (nSPS) is 18.8. The molecule has 2 N–H and O–H groups in total. The maximum Gasteiger partial charge on any atom is 0.335 e. The van der Waals surface area contributed by atoms with Crippen molar-refractivity contribution in [3.63, 3.8) is 0 Å². The smallest absolute Gasteiger partial charge is 0.335 e. The highest BCUT2D eigenvalue weighted by Crippen LogP contribution is 2.32. The van der Waals surface area contributed by atoms with E-state index in [1.165, 1.54) is 0 Å². The molecule has 1 unspecified atom stereocenters. The molecule has 0 spiro atoms. The van der Waals surface area contributed by atoms with Gasteiger partial charge in [-0.1, -0.05) is 12.1 Å². The van der Waals surface area contributed by atoms with E-state index in [0.717, 1.165) is 47.7 Å². The lowest BCUT2D eigenvalue weighted by atomic mass is 9.89. The number of piperidine rings is 1. The number of aromatic amines is 1. The molecule has 0 saturated carbocycles. The van der Waals surface area contributed by atoms with E-state index in [1.54, 1.807) is 18.3 Å². The Morgan fingerprint density at radius 2 is 1.84 bits per heavy atom. The van der Waals surface area contributed by atoms with Gasteiger partial charge in [-0.15, -0.1) is 0 Å². The molecule has 0 bridgehead atoms. The number of aromatic carboxylic acids is 1. The number of rotatable bonds is 4. The van der Waals surface area contributed by atoms with Crippen LogP contribution in [0.2, 0.25) is 0 Å². The van der Waals surface area contributed by atoms with Gasteiger partial charge in [0, 0.05) is 43.2 Å². The predicted molar refractivity (Wildman–Crippen MR) is 143 cm³/mol. The number of carboxylic acids is 1. The number of nitrogens with zero attached hydrogens (tertiary/aromatic N) is 3. The topological polar surface area (TPSA) is 118 Å². The van der Waals surface area contributed by atoms with Crippen LogP contribution in [-0.2, 0) is 4.74 Å². The maximum atomic E-state index is 13.8.